The Labute approximate surface area is 245 Å². The minimum Gasteiger partial charge on any atom is -0.390 e. The van der Waals surface area contributed by atoms with Gasteiger partial charge in [-0.15, -0.1) is 0 Å². The Morgan fingerprint density at radius 3 is 2.40 bits per heavy atom. The van der Waals surface area contributed by atoms with E-state index in [-0.39, 0.29) is 31.1 Å². The number of carbonyl (C=O) groups is 3. The van der Waals surface area contributed by atoms with E-state index >= 15 is 0 Å². The molecule has 17 heteroatoms. The van der Waals surface area contributed by atoms with Gasteiger partial charge in [0.15, 0.2) is 6.10 Å². The summed E-state index contributed by atoms with van der Waals surface area (Å²) >= 11 is 0. The third-order valence-electron chi connectivity index (χ3n) is 8.07. The molecule has 3 rings (SSSR count). The number of carbonyl (C=O) groups excluding carboxylic acids is 3. The first kappa shape index (κ1) is 33.7. The molecule has 3 aliphatic rings. The molecule has 1 saturated carbocycles. The van der Waals surface area contributed by atoms with Crippen molar-refractivity contribution in [3.63, 3.8) is 0 Å². The molecular weight excluding hydrogens is 576 g/mol. The van der Waals surface area contributed by atoms with Crippen molar-refractivity contribution in [2.45, 2.75) is 76.0 Å². The maximum Gasteiger partial charge on any atom is 0.397 e. The lowest BCUT2D eigenvalue weighted by Crippen LogP contribution is -2.60. The number of aliphatic hydroxyl groups is 2. The van der Waals surface area contributed by atoms with Crippen LogP contribution < -0.4 is 22.1 Å². The molecule has 2 heterocycles. The predicted octanol–water partition coefficient (Wildman–Crippen LogP) is -3.20. The number of nitrogens with one attached hydrogen (secondary N) is 2. The highest BCUT2D eigenvalue weighted by Crippen LogP contribution is 2.40. The number of nitrogens with zero attached hydrogens (tertiary/aromatic N) is 2. The van der Waals surface area contributed by atoms with Crippen LogP contribution >= 0.6 is 0 Å². The van der Waals surface area contributed by atoms with E-state index in [1.54, 1.807) is 18.4 Å². The lowest BCUT2D eigenvalue weighted by Gasteiger charge is -2.39. The molecule has 238 valence electrons. The zero-order valence-corrected chi connectivity index (χ0v) is 24.8. The highest BCUT2D eigenvalue weighted by atomic mass is 32.3. The highest BCUT2D eigenvalue weighted by molar-refractivity contribution is 7.80. The summed E-state index contributed by atoms with van der Waals surface area (Å²) in [6, 6.07) is -2.61. The molecule has 0 unspecified atom stereocenters. The standard InChI is InChI=1S/C25H42N6O10S/c1-13(2)21(29-23(35)20(40-3)12-41-42(37,38)39)24(36)31-16-10-19(33)18(32)9-15(16)8-17(31)22(34)28-6-4-14-5-7-30(11-14)25(26)27/h5,13,15-21,32-33H,4,6-12H2,1-3H3,(H6,26,27,28,29,34,35,37,38,39)/p+1/t15-,16+,17+,18+,19+,20-,21+/m1/s1. The van der Waals surface area contributed by atoms with Crippen LogP contribution in [-0.4, -0.2) is 126 Å². The van der Waals surface area contributed by atoms with Crippen LogP contribution in [0, 0.1) is 11.8 Å². The van der Waals surface area contributed by atoms with E-state index in [9.17, 15) is 33.0 Å². The van der Waals surface area contributed by atoms with E-state index in [0.717, 1.165) is 12.7 Å². The summed E-state index contributed by atoms with van der Waals surface area (Å²) in [7, 11) is -3.71. The molecule has 2 aliphatic heterocycles. The number of methoxy groups -OCH3 is 1. The summed E-state index contributed by atoms with van der Waals surface area (Å²) in [6.07, 6.45) is -0.475. The molecule has 42 heavy (non-hydrogen) atoms. The second-order valence-electron chi connectivity index (χ2n) is 11.3. The Bertz CT molecular complexity index is 1190. The third-order valence-corrected chi connectivity index (χ3v) is 8.51. The summed E-state index contributed by atoms with van der Waals surface area (Å²) in [5.74, 6) is -2.33. The summed E-state index contributed by atoms with van der Waals surface area (Å²) in [5.41, 5.74) is 12.3. The third kappa shape index (κ3) is 8.38. The van der Waals surface area contributed by atoms with Gasteiger partial charge >= 0.3 is 16.4 Å². The smallest absolute Gasteiger partial charge is 0.390 e. The molecular formula is C25H43N6O10S+. The summed E-state index contributed by atoms with van der Waals surface area (Å²) in [5, 5.41) is 26.1. The number of guanidine groups is 1. The molecule has 16 nitrogen and oxygen atoms in total. The fourth-order valence-electron chi connectivity index (χ4n) is 5.77. The monoisotopic (exact) mass is 619 g/mol. The van der Waals surface area contributed by atoms with E-state index in [2.05, 4.69) is 14.8 Å². The number of hydrogen-bond acceptors (Lipinski definition) is 9. The number of ether oxygens (including phenoxy) is 1. The Morgan fingerprint density at radius 1 is 1.17 bits per heavy atom. The van der Waals surface area contributed by atoms with Crippen LogP contribution in [-0.2, 0) is 33.7 Å². The fourth-order valence-corrected chi connectivity index (χ4v) is 6.07. The minimum atomic E-state index is -4.84. The Morgan fingerprint density at radius 2 is 1.83 bits per heavy atom. The second kappa shape index (κ2) is 14.1. The number of hydrogen-bond donors (Lipinski definition) is 7. The van der Waals surface area contributed by atoms with Crippen LogP contribution in [0.25, 0.3) is 0 Å². The van der Waals surface area contributed by atoms with Crippen molar-refractivity contribution in [2.24, 2.45) is 23.3 Å². The largest absolute Gasteiger partial charge is 0.397 e. The normalized spacial score (nSPS) is 27.3. The average molecular weight is 620 g/mol. The van der Waals surface area contributed by atoms with Crippen LogP contribution in [0.2, 0.25) is 0 Å². The summed E-state index contributed by atoms with van der Waals surface area (Å²) < 4.78 is 41.8. The maximum absolute atomic E-state index is 14.0. The zero-order valence-electron chi connectivity index (χ0n) is 24.0. The van der Waals surface area contributed by atoms with Gasteiger partial charge in [-0.3, -0.25) is 35.0 Å². The van der Waals surface area contributed by atoms with Gasteiger partial charge in [-0.2, -0.15) is 8.42 Å². The van der Waals surface area contributed by atoms with Gasteiger partial charge in [0.25, 0.3) is 5.91 Å². The quantitative estimate of drug-likeness (QED) is 0.0494. The van der Waals surface area contributed by atoms with Gasteiger partial charge in [0.1, 0.15) is 18.7 Å². The van der Waals surface area contributed by atoms with Crippen molar-refractivity contribution in [3.8, 4) is 0 Å². The molecule has 2 fully saturated rings. The molecule has 0 aromatic heterocycles. The van der Waals surface area contributed by atoms with Gasteiger partial charge in [-0.1, -0.05) is 13.8 Å². The summed E-state index contributed by atoms with van der Waals surface area (Å²) in [4.78, 5) is 41.8. The van der Waals surface area contributed by atoms with Crippen LogP contribution in [0.15, 0.2) is 11.6 Å². The molecule has 0 bridgehead atoms. The molecule has 7 atom stereocenters. The average Bonchev–Trinajstić information content (AvgIpc) is 3.52. The fraction of sp³-hybridized carbons (Fsp3) is 0.760. The lowest BCUT2D eigenvalue weighted by molar-refractivity contribution is -0.503. The topological polar surface area (TPSA) is 247 Å². The first-order chi connectivity index (χ1) is 19.6. The van der Waals surface area contributed by atoms with Crippen LogP contribution in [0.4, 0.5) is 0 Å². The lowest BCUT2D eigenvalue weighted by atomic mass is 9.81. The SMILES string of the molecule is CO[C@H](COS(=O)(=O)O)C(=O)N[C@H](C(=O)N1[C@H](C(=O)NCCC2=CC[N+](=C(N)N)C2)C[C@@H]2C[C@H](O)[C@@H](O)C[C@@H]21)C(C)C. The van der Waals surface area contributed by atoms with E-state index in [1.165, 1.54) is 4.90 Å². The molecule has 3 amide bonds. The van der Waals surface area contributed by atoms with Gasteiger partial charge in [0.2, 0.25) is 11.8 Å². The first-order valence-electron chi connectivity index (χ1n) is 13.8. The number of nitrogens with two attached hydrogens (primary N) is 2. The van der Waals surface area contributed by atoms with Crippen molar-refractivity contribution < 1.29 is 51.1 Å². The number of likely N-dealkylation sites (tertiary alicyclic amines) is 1. The van der Waals surface area contributed by atoms with Crippen molar-refractivity contribution in [1.82, 2.24) is 15.5 Å². The first-order valence-corrected chi connectivity index (χ1v) is 15.2. The molecule has 1 saturated heterocycles. The summed E-state index contributed by atoms with van der Waals surface area (Å²) in [6.45, 7) is 3.99. The molecule has 0 aromatic carbocycles. The van der Waals surface area contributed by atoms with Crippen LogP contribution in [0.1, 0.15) is 39.5 Å². The second-order valence-corrected chi connectivity index (χ2v) is 12.4. The molecule has 0 aromatic rings. The number of aliphatic hydroxyl groups excluding tert-OH is 2. The van der Waals surface area contributed by atoms with Gasteiger partial charge in [-0.25, -0.2) is 4.18 Å². The van der Waals surface area contributed by atoms with Gasteiger partial charge in [-0.05, 0) is 49.2 Å². The minimum absolute atomic E-state index is 0.0583. The Balaban J connectivity index is 1.76. The number of rotatable bonds is 12. The van der Waals surface area contributed by atoms with E-state index in [0.29, 0.717) is 26.1 Å². The van der Waals surface area contributed by atoms with Crippen LogP contribution in [0.3, 0.4) is 0 Å². The van der Waals surface area contributed by atoms with Gasteiger partial charge in [0.05, 0.1) is 25.3 Å². The predicted molar refractivity (Wildman–Crippen MR) is 148 cm³/mol. The molecule has 1 aliphatic carbocycles. The Hall–Kier alpha value is -2.83. The highest BCUT2D eigenvalue weighted by Gasteiger charge is 2.52. The van der Waals surface area contributed by atoms with Crippen molar-refractivity contribution in [1.29, 1.82) is 0 Å². The number of amides is 3. The van der Waals surface area contributed by atoms with E-state index < -0.39 is 77.1 Å². The van der Waals surface area contributed by atoms with E-state index in [1.807, 2.05) is 6.08 Å². The van der Waals surface area contributed by atoms with Gasteiger partial charge < -0.3 is 30.5 Å². The van der Waals surface area contributed by atoms with Gasteiger partial charge in [0, 0.05) is 19.7 Å². The zero-order chi connectivity index (χ0) is 31.4. The van der Waals surface area contributed by atoms with E-state index in [4.69, 9.17) is 20.8 Å². The van der Waals surface area contributed by atoms with Crippen molar-refractivity contribution in [3.05, 3.63) is 11.6 Å². The Kier molecular flexibility index (Phi) is 11.3. The number of fused-ring (bicyclic) bond motifs is 1. The maximum atomic E-state index is 14.0. The van der Waals surface area contributed by atoms with Crippen molar-refractivity contribution in [2.75, 3.05) is 33.4 Å². The van der Waals surface area contributed by atoms with Crippen molar-refractivity contribution >= 4 is 34.1 Å². The molecule has 9 N–H and O–H groups in total. The molecule has 0 radical (unpaired) electrons. The molecule has 0 spiro atoms. The van der Waals surface area contributed by atoms with Crippen LogP contribution in [0.5, 0.6) is 0 Å².